The van der Waals surface area contributed by atoms with Crippen LogP contribution in [0.5, 0.6) is 0 Å². The van der Waals surface area contributed by atoms with Crippen LogP contribution in [0, 0.1) is 5.82 Å². The number of carbonyl (C=O) groups excluding carboxylic acids is 2. The molecule has 0 aromatic carbocycles. The Morgan fingerprint density at radius 3 is 2.40 bits per heavy atom. The monoisotopic (exact) mass is 421 g/mol. The molecule has 12 heteroatoms. The average molecular weight is 421 g/mol. The number of ether oxygens (including phenoxy) is 2. The lowest BCUT2D eigenvalue weighted by molar-refractivity contribution is 0.0240. The third-order valence-electron chi connectivity index (χ3n) is 4.29. The largest absolute Gasteiger partial charge is 0.463 e. The number of hydrogen-bond acceptors (Lipinski definition) is 9. The van der Waals surface area contributed by atoms with Crippen LogP contribution < -0.4 is 4.90 Å². The molecule has 1 fully saturated rings. The lowest BCUT2D eigenvalue weighted by atomic mass is 10.2. The minimum Gasteiger partial charge on any atom is -0.463 e. The van der Waals surface area contributed by atoms with Crippen LogP contribution in [0.2, 0.25) is 0 Å². The number of methoxy groups -OCH3 is 1. The number of amides is 1. The van der Waals surface area contributed by atoms with Gasteiger partial charge in [-0.2, -0.15) is 4.98 Å². The van der Waals surface area contributed by atoms with Gasteiger partial charge in [0.25, 0.3) is 5.82 Å². The van der Waals surface area contributed by atoms with Crippen molar-refractivity contribution in [2.24, 2.45) is 7.05 Å². The Labute approximate surface area is 172 Å². The fourth-order valence-corrected chi connectivity index (χ4v) is 2.85. The quantitative estimate of drug-likeness (QED) is 0.675. The number of hydrogen-bond donors (Lipinski definition) is 0. The number of halogens is 1. The lowest BCUT2D eigenvalue weighted by Gasteiger charge is -2.35. The predicted molar refractivity (Wildman–Crippen MR) is 103 cm³/mol. The number of anilines is 1. The van der Waals surface area contributed by atoms with Crippen LogP contribution in [0.1, 0.15) is 31.4 Å². The van der Waals surface area contributed by atoms with Gasteiger partial charge in [0.05, 0.1) is 13.3 Å². The van der Waals surface area contributed by atoms with Gasteiger partial charge in [0.15, 0.2) is 11.6 Å². The summed E-state index contributed by atoms with van der Waals surface area (Å²) in [5.41, 5.74) is -0.651. The highest BCUT2D eigenvalue weighted by molar-refractivity contribution is 5.85. The van der Waals surface area contributed by atoms with E-state index < -0.39 is 17.4 Å². The smallest absolute Gasteiger partial charge is 0.410 e. The van der Waals surface area contributed by atoms with E-state index in [9.17, 15) is 14.0 Å². The summed E-state index contributed by atoms with van der Waals surface area (Å²) >= 11 is 0. The first-order valence-corrected chi connectivity index (χ1v) is 9.34. The number of piperazine rings is 1. The molecule has 1 amide bonds. The number of rotatable bonds is 3. The Morgan fingerprint density at radius 2 is 1.80 bits per heavy atom. The number of esters is 1. The van der Waals surface area contributed by atoms with Crippen LogP contribution in [0.15, 0.2) is 6.20 Å². The van der Waals surface area contributed by atoms with E-state index in [2.05, 4.69) is 24.8 Å². The minimum atomic E-state index is -0.732. The molecule has 0 bridgehead atoms. The number of aryl methyl sites for hydroxylation is 1. The molecule has 0 N–H and O–H groups in total. The lowest BCUT2D eigenvalue weighted by Crippen LogP contribution is -2.50. The van der Waals surface area contributed by atoms with E-state index in [4.69, 9.17) is 4.74 Å². The Bertz CT molecular complexity index is 948. The summed E-state index contributed by atoms with van der Waals surface area (Å²) in [6.45, 7) is 7.18. The standard InChI is InChI=1S/C18H24FN7O4/c1-18(2,3)30-17(28)26-8-6-25(7-9-26)16-20-10-11(19)12(21-16)14-22-13(15(27)29-5)23-24(14)4/h10H,6-9H2,1-5H3. The van der Waals surface area contributed by atoms with Gasteiger partial charge in [-0.25, -0.2) is 28.6 Å². The maximum Gasteiger partial charge on any atom is 0.410 e. The fourth-order valence-electron chi connectivity index (χ4n) is 2.85. The zero-order valence-corrected chi connectivity index (χ0v) is 17.5. The van der Waals surface area contributed by atoms with Crippen molar-refractivity contribution < 1.29 is 23.5 Å². The second-order valence-corrected chi connectivity index (χ2v) is 7.70. The molecule has 0 atom stereocenters. The highest BCUT2D eigenvalue weighted by Crippen LogP contribution is 2.22. The molecule has 0 spiro atoms. The maximum absolute atomic E-state index is 14.4. The van der Waals surface area contributed by atoms with Crippen LogP contribution >= 0.6 is 0 Å². The summed E-state index contributed by atoms with van der Waals surface area (Å²) in [5.74, 6) is -1.26. The van der Waals surface area contributed by atoms with Crippen molar-refractivity contribution in [3.05, 3.63) is 17.8 Å². The van der Waals surface area contributed by atoms with Gasteiger partial charge in [0.1, 0.15) is 11.3 Å². The molecule has 2 aromatic heterocycles. The normalized spacial score (nSPS) is 14.6. The first kappa shape index (κ1) is 21.4. The first-order chi connectivity index (χ1) is 14.1. The van der Waals surface area contributed by atoms with Gasteiger partial charge in [-0.3, -0.25) is 0 Å². The van der Waals surface area contributed by atoms with Gasteiger partial charge in [-0.15, -0.1) is 5.10 Å². The van der Waals surface area contributed by atoms with E-state index in [1.165, 1.54) is 18.8 Å². The SMILES string of the molecule is COC(=O)c1nc(-c2nc(N3CCN(C(=O)OC(C)(C)C)CC3)ncc2F)n(C)n1. The molecule has 3 rings (SSSR count). The van der Waals surface area contributed by atoms with Crippen molar-refractivity contribution in [2.75, 3.05) is 38.2 Å². The average Bonchev–Trinajstić information content (AvgIpc) is 3.08. The van der Waals surface area contributed by atoms with Gasteiger partial charge >= 0.3 is 12.1 Å². The van der Waals surface area contributed by atoms with Crippen molar-refractivity contribution in [3.63, 3.8) is 0 Å². The zero-order chi connectivity index (χ0) is 22.1. The molecule has 0 unspecified atom stereocenters. The van der Waals surface area contributed by atoms with Gasteiger partial charge in [0, 0.05) is 33.2 Å². The van der Waals surface area contributed by atoms with Crippen LogP contribution in [0.3, 0.4) is 0 Å². The predicted octanol–water partition coefficient (Wildman–Crippen LogP) is 1.25. The maximum atomic E-state index is 14.4. The van der Waals surface area contributed by atoms with Crippen LogP contribution in [0.25, 0.3) is 11.5 Å². The molecular weight excluding hydrogens is 397 g/mol. The van der Waals surface area contributed by atoms with Gasteiger partial charge in [0.2, 0.25) is 5.95 Å². The second-order valence-electron chi connectivity index (χ2n) is 7.70. The van der Waals surface area contributed by atoms with E-state index in [-0.39, 0.29) is 29.4 Å². The number of nitrogens with zero attached hydrogens (tertiary/aromatic N) is 7. The Morgan fingerprint density at radius 1 is 1.13 bits per heavy atom. The van der Waals surface area contributed by atoms with E-state index >= 15 is 0 Å². The van der Waals surface area contributed by atoms with E-state index in [1.54, 1.807) is 4.90 Å². The highest BCUT2D eigenvalue weighted by atomic mass is 19.1. The summed E-state index contributed by atoms with van der Waals surface area (Å²) < 4.78 is 25.6. The molecule has 0 saturated carbocycles. The highest BCUT2D eigenvalue weighted by Gasteiger charge is 2.28. The van der Waals surface area contributed by atoms with Crippen molar-refractivity contribution >= 4 is 18.0 Å². The molecule has 1 aliphatic heterocycles. The molecular formula is C18H24FN7O4. The van der Waals surface area contributed by atoms with E-state index in [1.807, 2.05) is 25.7 Å². The zero-order valence-electron chi connectivity index (χ0n) is 17.5. The van der Waals surface area contributed by atoms with Crippen molar-refractivity contribution in [3.8, 4) is 11.5 Å². The summed E-state index contributed by atoms with van der Waals surface area (Å²) in [6.07, 6.45) is 0.669. The summed E-state index contributed by atoms with van der Waals surface area (Å²) in [6, 6.07) is 0. The topological polar surface area (TPSA) is 116 Å². The van der Waals surface area contributed by atoms with Gasteiger partial charge in [-0.1, -0.05) is 0 Å². The summed E-state index contributed by atoms with van der Waals surface area (Å²) in [7, 11) is 2.73. The third-order valence-corrected chi connectivity index (χ3v) is 4.29. The summed E-state index contributed by atoms with van der Waals surface area (Å²) in [5, 5.41) is 3.93. The van der Waals surface area contributed by atoms with Crippen LogP contribution in [0.4, 0.5) is 15.1 Å². The van der Waals surface area contributed by atoms with Gasteiger partial charge in [-0.05, 0) is 20.8 Å². The van der Waals surface area contributed by atoms with Crippen molar-refractivity contribution in [1.29, 1.82) is 0 Å². The summed E-state index contributed by atoms with van der Waals surface area (Å²) in [4.78, 5) is 39.7. The van der Waals surface area contributed by atoms with Crippen LogP contribution in [-0.2, 0) is 16.5 Å². The molecule has 162 valence electrons. The molecule has 3 heterocycles. The van der Waals surface area contributed by atoms with Crippen molar-refractivity contribution in [1.82, 2.24) is 29.6 Å². The third kappa shape index (κ3) is 4.63. The Kier molecular flexibility index (Phi) is 5.85. The molecule has 11 nitrogen and oxygen atoms in total. The van der Waals surface area contributed by atoms with Crippen molar-refractivity contribution in [2.45, 2.75) is 26.4 Å². The first-order valence-electron chi connectivity index (χ1n) is 9.34. The molecule has 30 heavy (non-hydrogen) atoms. The number of carbonyl (C=O) groups is 2. The van der Waals surface area contributed by atoms with Gasteiger partial charge < -0.3 is 19.3 Å². The number of aromatic nitrogens is 5. The van der Waals surface area contributed by atoms with E-state index in [0.717, 1.165) is 6.20 Å². The molecule has 1 aliphatic rings. The molecule has 0 radical (unpaired) electrons. The minimum absolute atomic E-state index is 0.0731. The van der Waals surface area contributed by atoms with Crippen LogP contribution in [-0.4, -0.2) is 80.6 Å². The van der Waals surface area contributed by atoms with E-state index in [0.29, 0.717) is 26.2 Å². The molecule has 1 saturated heterocycles. The fraction of sp³-hybridized carbons (Fsp3) is 0.556. The molecule has 2 aromatic rings. The Hall–Kier alpha value is -3.31. The second kappa shape index (κ2) is 8.20. The molecule has 0 aliphatic carbocycles. The Balaban J connectivity index is 1.76.